The van der Waals surface area contributed by atoms with Crippen molar-refractivity contribution in [1.29, 1.82) is 0 Å². The summed E-state index contributed by atoms with van der Waals surface area (Å²) in [5, 5.41) is 39.1. The van der Waals surface area contributed by atoms with Crippen LogP contribution in [0.3, 0.4) is 0 Å². The SMILES string of the molecule is COC(=O)[C@@]1(CCN2CCOC[C@@]23CCN(C(=O)OC(C)(C)C)C3)C[C@H](O)[C@@H](NC(C)=O)[C@H]([C@H](O)[C@H](O)CNC(=O)c2ccc(C)c(C)c2)O1. The molecule has 0 aromatic heterocycles. The molecule has 0 unspecified atom stereocenters. The van der Waals surface area contributed by atoms with Crippen molar-refractivity contribution in [2.75, 3.05) is 53.0 Å². The fourth-order valence-electron chi connectivity index (χ4n) is 7.01. The quantitative estimate of drug-likeness (QED) is 0.211. The van der Waals surface area contributed by atoms with Gasteiger partial charge in [-0.3, -0.25) is 14.5 Å². The number of methoxy groups -OCH3 is 1. The van der Waals surface area contributed by atoms with Crippen LogP contribution in [-0.2, 0) is 28.5 Å². The maximum atomic E-state index is 13.5. The van der Waals surface area contributed by atoms with Gasteiger partial charge in [0.25, 0.3) is 5.91 Å². The average molecular weight is 707 g/mol. The van der Waals surface area contributed by atoms with Crippen molar-refractivity contribution in [3.63, 3.8) is 0 Å². The maximum absolute atomic E-state index is 13.5. The minimum Gasteiger partial charge on any atom is -0.467 e. The molecule has 3 heterocycles. The Hall–Kier alpha value is -3.34. The van der Waals surface area contributed by atoms with Gasteiger partial charge in [0.1, 0.15) is 17.8 Å². The van der Waals surface area contributed by atoms with E-state index in [9.17, 15) is 34.5 Å². The number of nitrogens with zero attached hydrogens (tertiary/aromatic N) is 2. The summed E-state index contributed by atoms with van der Waals surface area (Å²) in [6.07, 6.45) is -6.28. The molecule has 1 aromatic rings. The second kappa shape index (κ2) is 15.9. The number of hydrogen-bond donors (Lipinski definition) is 5. The first-order chi connectivity index (χ1) is 23.4. The molecule has 0 aliphatic carbocycles. The number of amides is 3. The van der Waals surface area contributed by atoms with Gasteiger partial charge in [-0.25, -0.2) is 9.59 Å². The molecule has 50 heavy (non-hydrogen) atoms. The molecular weight excluding hydrogens is 652 g/mol. The second-order valence-corrected chi connectivity index (χ2v) is 14.8. The van der Waals surface area contributed by atoms with E-state index in [-0.39, 0.29) is 25.9 Å². The standard InChI is InChI=1S/C35H54N4O11/c1-21-8-9-24(16-22(21)2)30(44)36-18-26(42)28(43)29-27(37-23(3)40)25(41)17-35(49-29,31(45)47-7)11-13-39-14-15-48-20-34(39)10-12-38(19-34)32(46)50-33(4,5)6/h8-9,16,25-29,41-43H,10-15,17-20H2,1-7H3,(H,36,44)(H,37,40)/t25-,26+,27+,28+,29+,34-,35+/m0/s1. The lowest BCUT2D eigenvalue weighted by molar-refractivity contribution is -0.232. The van der Waals surface area contributed by atoms with Crippen molar-refractivity contribution in [3.05, 3.63) is 34.9 Å². The van der Waals surface area contributed by atoms with Crippen molar-refractivity contribution < 1.29 is 53.4 Å². The monoisotopic (exact) mass is 706 g/mol. The van der Waals surface area contributed by atoms with Gasteiger partial charge in [0.05, 0.1) is 44.1 Å². The Labute approximate surface area is 293 Å². The number of likely N-dealkylation sites (tertiary alicyclic amines) is 1. The maximum Gasteiger partial charge on any atom is 0.410 e. The van der Waals surface area contributed by atoms with E-state index in [1.807, 2.05) is 13.8 Å². The third-order valence-corrected chi connectivity index (χ3v) is 9.88. The van der Waals surface area contributed by atoms with E-state index in [4.69, 9.17) is 18.9 Å². The minimum atomic E-state index is -1.78. The van der Waals surface area contributed by atoms with Crippen LogP contribution in [0.15, 0.2) is 18.2 Å². The van der Waals surface area contributed by atoms with Gasteiger partial charge in [-0.1, -0.05) is 6.07 Å². The van der Waals surface area contributed by atoms with Crippen molar-refractivity contribution in [2.45, 2.75) is 108 Å². The van der Waals surface area contributed by atoms with Crippen LogP contribution in [0.4, 0.5) is 4.79 Å². The number of rotatable bonds is 10. The zero-order valence-corrected chi connectivity index (χ0v) is 30.2. The van der Waals surface area contributed by atoms with Gasteiger partial charge < -0.3 is 49.8 Å². The number of ether oxygens (including phenoxy) is 4. The van der Waals surface area contributed by atoms with Gasteiger partial charge in [0, 0.05) is 58.1 Å². The van der Waals surface area contributed by atoms with E-state index >= 15 is 0 Å². The highest BCUT2D eigenvalue weighted by atomic mass is 16.6. The summed E-state index contributed by atoms with van der Waals surface area (Å²) in [7, 11) is 1.19. The largest absolute Gasteiger partial charge is 0.467 e. The molecular formula is C35H54N4O11. The van der Waals surface area contributed by atoms with Crippen LogP contribution >= 0.6 is 0 Å². The Kier molecular flexibility index (Phi) is 12.6. The van der Waals surface area contributed by atoms with E-state index in [0.29, 0.717) is 44.8 Å². The molecule has 3 aliphatic rings. The summed E-state index contributed by atoms with van der Waals surface area (Å²) < 4.78 is 23.0. The van der Waals surface area contributed by atoms with Crippen molar-refractivity contribution in [3.8, 4) is 0 Å². The van der Waals surface area contributed by atoms with Crippen LogP contribution in [0.5, 0.6) is 0 Å². The highest BCUT2D eigenvalue weighted by Gasteiger charge is 2.56. The number of hydrogen-bond acceptors (Lipinski definition) is 12. The molecule has 1 spiro atoms. The van der Waals surface area contributed by atoms with Gasteiger partial charge in [-0.05, 0) is 64.3 Å². The lowest BCUT2D eigenvalue weighted by atomic mass is 9.81. The summed E-state index contributed by atoms with van der Waals surface area (Å²) in [6, 6.07) is 3.97. The predicted octanol–water partition coefficient (Wildman–Crippen LogP) is 0.423. The summed E-state index contributed by atoms with van der Waals surface area (Å²) in [5.74, 6) is -1.79. The molecule has 15 nitrogen and oxygen atoms in total. The lowest BCUT2D eigenvalue weighted by Crippen LogP contribution is -2.68. The van der Waals surface area contributed by atoms with E-state index in [1.165, 1.54) is 14.0 Å². The zero-order valence-electron chi connectivity index (χ0n) is 30.2. The Bertz CT molecular complexity index is 1400. The van der Waals surface area contributed by atoms with Gasteiger partial charge in [0.15, 0.2) is 5.60 Å². The second-order valence-electron chi connectivity index (χ2n) is 14.8. The molecule has 280 valence electrons. The Morgan fingerprint density at radius 1 is 1.12 bits per heavy atom. The Morgan fingerprint density at radius 2 is 1.84 bits per heavy atom. The topological polar surface area (TPSA) is 196 Å². The van der Waals surface area contributed by atoms with Crippen molar-refractivity contribution in [1.82, 2.24) is 20.4 Å². The van der Waals surface area contributed by atoms with Gasteiger partial charge in [-0.15, -0.1) is 0 Å². The number of aliphatic hydroxyl groups excluding tert-OH is 3. The first-order valence-corrected chi connectivity index (χ1v) is 17.1. The molecule has 0 bridgehead atoms. The first kappa shape index (κ1) is 39.4. The first-order valence-electron chi connectivity index (χ1n) is 17.1. The number of nitrogens with one attached hydrogen (secondary N) is 2. The van der Waals surface area contributed by atoms with Crippen molar-refractivity contribution in [2.24, 2.45) is 0 Å². The van der Waals surface area contributed by atoms with Gasteiger partial charge in [-0.2, -0.15) is 0 Å². The third kappa shape index (κ3) is 9.11. The molecule has 4 rings (SSSR count). The lowest BCUT2D eigenvalue weighted by Gasteiger charge is -2.49. The molecule has 3 fully saturated rings. The summed E-state index contributed by atoms with van der Waals surface area (Å²) in [6.45, 7) is 12.4. The third-order valence-electron chi connectivity index (χ3n) is 9.88. The Balaban J connectivity index is 1.52. The van der Waals surface area contributed by atoms with Gasteiger partial charge in [0.2, 0.25) is 5.91 Å². The van der Waals surface area contributed by atoms with E-state index in [0.717, 1.165) is 11.1 Å². The molecule has 15 heteroatoms. The molecule has 3 amide bonds. The molecule has 5 N–H and O–H groups in total. The fraction of sp³-hybridized carbons (Fsp3) is 0.714. The molecule has 0 saturated carbocycles. The predicted molar refractivity (Wildman–Crippen MR) is 180 cm³/mol. The number of esters is 1. The van der Waals surface area contributed by atoms with E-state index in [1.54, 1.807) is 43.9 Å². The van der Waals surface area contributed by atoms with Crippen LogP contribution in [0, 0.1) is 13.8 Å². The van der Waals surface area contributed by atoms with Gasteiger partial charge >= 0.3 is 12.1 Å². The number of morpholine rings is 1. The number of aliphatic hydroxyl groups is 3. The highest BCUT2D eigenvalue weighted by molar-refractivity contribution is 5.94. The smallest absolute Gasteiger partial charge is 0.410 e. The summed E-state index contributed by atoms with van der Waals surface area (Å²) in [4.78, 5) is 55.2. The number of benzene rings is 1. The number of aryl methyl sites for hydroxylation is 2. The zero-order chi connectivity index (χ0) is 37.0. The fourth-order valence-corrected chi connectivity index (χ4v) is 7.01. The number of carbonyl (C=O) groups excluding carboxylic acids is 4. The van der Waals surface area contributed by atoms with Crippen LogP contribution in [0.1, 0.15) is 68.4 Å². The molecule has 7 atom stereocenters. The molecule has 0 radical (unpaired) electrons. The summed E-state index contributed by atoms with van der Waals surface area (Å²) >= 11 is 0. The number of carbonyl (C=O) groups is 4. The highest BCUT2D eigenvalue weighted by Crippen LogP contribution is 2.38. The average Bonchev–Trinajstić information content (AvgIpc) is 3.48. The van der Waals surface area contributed by atoms with Crippen LogP contribution in [-0.4, -0.2) is 149 Å². The normalized spacial score (nSPS) is 28.5. The van der Waals surface area contributed by atoms with Crippen molar-refractivity contribution >= 4 is 23.9 Å². The van der Waals surface area contributed by atoms with Crippen LogP contribution < -0.4 is 10.6 Å². The summed E-state index contributed by atoms with van der Waals surface area (Å²) in [5.41, 5.74) is -0.689. The molecule has 1 aromatic carbocycles. The molecule has 3 saturated heterocycles. The van der Waals surface area contributed by atoms with Crippen LogP contribution in [0.2, 0.25) is 0 Å². The minimum absolute atomic E-state index is 0.0144. The Morgan fingerprint density at radius 3 is 2.48 bits per heavy atom. The van der Waals surface area contributed by atoms with Crippen LogP contribution in [0.25, 0.3) is 0 Å². The van der Waals surface area contributed by atoms with E-state index in [2.05, 4.69) is 15.5 Å². The van der Waals surface area contributed by atoms with E-state index < -0.39 is 71.1 Å². The molecule has 3 aliphatic heterocycles.